The molecule has 0 spiro atoms. The van der Waals surface area contributed by atoms with Gasteiger partial charge < -0.3 is 10.4 Å². The zero-order valence-electron chi connectivity index (χ0n) is 18.7. The smallest absolute Gasteiger partial charge is 0.335 e. The third-order valence-corrected chi connectivity index (χ3v) is 6.97. The molecule has 3 aromatic carbocycles. The van der Waals surface area contributed by atoms with Gasteiger partial charge in [0.05, 0.1) is 16.1 Å². The number of nitrogens with zero attached hydrogens (tertiary/aromatic N) is 1. The molecule has 0 aliphatic rings. The zero-order valence-corrected chi connectivity index (χ0v) is 19.5. The molecule has 3 aromatic rings. The van der Waals surface area contributed by atoms with Crippen LogP contribution in [-0.4, -0.2) is 31.9 Å². The summed E-state index contributed by atoms with van der Waals surface area (Å²) in [4.78, 5) is 24.1. The van der Waals surface area contributed by atoms with Gasteiger partial charge in [-0.3, -0.25) is 9.10 Å². The van der Waals surface area contributed by atoms with Crippen LogP contribution in [0.25, 0.3) is 0 Å². The van der Waals surface area contributed by atoms with Crippen molar-refractivity contribution in [3.63, 3.8) is 0 Å². The van der Waals surface area contributed by atoms with Crippen molar-refractivity contribution in [2.75, 3.05) is 10.8 Å². The Kier molecular flexibility index (Phi) is 7.18. The molecule has 0 fully saturated rings. The third kappa shape index (κ3) is 5.78. The minimum absolute atomic E-state index is 0.0746. The first kappa shape index (κ1) is 24.0. The number of hydrogen-bond acceptors (Lipinski definition) is 4. The van der Waals surface area contributed by atoms with Crippen molar-refractivity contribution >= 4 is 27.6 Å². The lowest BCUT2D eigenvalue weighted by Gasteiger charge is -2.26. The van der Waals surface area contributed by atoms with E-state index in [2.05, 4.69) is 5.32 Å². The van der Waals surface area contributed by atoms with Crippen molar-refractivity contribution in [1.29, 1.82) is 0 Å². The number of benzene rings is 3. The molecule has 1 amide bonds. The molecule has 0 aromatic heterocycles. The van der Waals surface area contributed by atoms with E-state index in [0.717, 1.165) is 21.0 Å². The minimum Gasteiger partial charge on any atom is -0.478 e. The van der Waals surface area contributed by atoms with Gasteiger partial charge >= 0.3 is 5.97 Å². The molecule has 172 valence electrons. The number of carboxylic acid groups (broad SMARTS) is 1. The highest BCUT2D eigenvalue weighted by atomic mass is 32.2. The molecule has 3 rings (SSSR count). The summed E-state index contributed by atoms with van der Waals surface area (Å²) in [6.07, 6.45) is 0. The number of aromatic carboxylic acids is 1. The lowest BCUT2D eigenvalue weighted by molar-refractivity contribution is -0.119. The van der Waals surface area contributed by atoms with Crippen LogP contribution in [0.4, 0.5) is 5.69 Å². The van der Waals surface area contributed by atoms with Gasteiger partial charge in [0.15, 0.2) is 0 Å². The fourth-order valence-corrected chi connectivity index (χ4v) is 4.80. The van der Waals surface area contributed by atoms with E-state index >= 15 is 0 Å². The van der Waals surface area contributed by atoms with Gasteiger partial charge in [0.2, 0.25) is 5.91 Å². The van der Waals surface area contributed by atoms with E-state index < -0.39 is 28.4 Å². The van der Waals surface area contributed by atoms with Crippen LogP contribution in [0.15, 0.2) is 71.6 Å². The summed E-state index contributed by atoms with van der Waals surface area (Å²) in [6, 6.07) is 18.1. The highest BCUT2D eigenvalue weighted by Crippen LogP contribution is 2.28. The van der Waals surface area contributed by atoms with Gasteiger partial charge in [0, 0.05) is 6.54 Å². The summed E-state index contributed by atoms with van der Waals surface area (Å²) >= 11 is 0. The van der Waals surface area contributed by atoms with E-state index in [9.17, 15) is 18.0 Å². The van der Waals surface area contributed by atoms with Crippen LogP contribution in [0, 0.1) is 20.8 Å². The Balaban J connectivity index is 1.89. The van der Waals surface area contributed by atoms with Crippen LogP contribution in [-0.2, 0) is 21.4 Å². The summed E-state index contributed by atoms with van der Waals surface area (Å²) in [5, 5.41) is 11.8. The average molecular weight is 467 g/mol. The number of carboxylic acids is 1. The molecule has 0 atom stereocenters. The molecule has 0 unspecified atom stereocenters. The molecular formula is C25H26N2O5S. The van der Waals surface area contributed by atoms with Crippen molar-refractivity contribution in [1.82, 2.24) is 5.32 Å². The van der Waals surface area contributed by atoms with Crippen LogP contribution >= 0.6 is 0 Å². The molecule has 0 heterocycles. The van der Waals surface area contributed by atoms with Crippen molar-refractivity contribution in [3.05, 3.63) is 94.5 Å². The number of sulfonamides is 1. The topological polar surface area (TPSA) is 104 Å². The highest BCUT2D eigenvalue weighted by molar-refractivity contribution is 7.92. The zero-order chi connectivity index (χ0) is 24.2. The number of carbonyl (C=O) groups excluding carboxylic acids is 1. The van der Waals surface area contributed by atoms with Crippen LogP contribution < -0.4 is 9.62 Å². The van der Waals surface area contributed by atoms with E-state index in [4.69, 9.17) is 5.11 Å². The normalized spacial score (nSPS) is 11.1. The van der Waals surface area contributed by atoms with Gasteiger partial charge in [-0.2, -0.15) is 0 Å². The van der Waals surface area contributed by atoms with Crippen LogP contribution in [0.3, 0.4) is 0 Å². The largest absolute Gasteiger partial charge is 0.478 e. The predicted molar refractivity (Wildman–Crippen MR) is 127 cm³/mol. The van der Waals surface area contributed by atoms with Gasteiger partial charge in [-0.15, -0.1) is 0 Å². The standard InChI is InChI=1S/C25H26N2O5S/c1-17-8-11-22(12-9-17)33(31,32)27(23-13-18(2)7-10-19(23)3)16-24(28)26-15-20-5-4-6-21(14-20)25(29)30/h4-14H,15-16H2,1-3H3,(H,26,28)(H,29,30). The number of amides is 1. The SMILES string of the molecule is Cc1ccc(S(=O)(=O)N(CC(=O)NCc2cccc(C(=O)O)c2)c2cc(C)ccc2C)cc1. The van der Waals surface area contributed by atoms with E-state index in [-0.39, 0.29) is 17.0 Å². The minimum atomic E-state index is -4.01. The first-order valence-electron chi connectivity index (χ1n) is 10.3. The van der Waals surface area contributed by atoms with E-state index in [1.54, 1.807) is 37.3 Å². The monoisotopic (exact) mass is 466 g/mol. The Morgan fingerprint density at radius 1 is 0.909 bits per heavy atom. The molecule has 0 aliphatic heterocycles. The maximum Gasteiger partial charge on any atom is 0.335 e. The molecule has 2 N–H and O–H groups in total. The molecule has 0 saturated carbocycles. The van der Waals surface area contributed by atoms with Gasteiger partial charge in [-0.25, -0.2) is 13.2 Å². The van der Waals surface area contributed by atoms with Gasteiger partial charge in [0.1, 0.15) is 6.54 Å². The first-order valence-corrected chi connectivity index (χ1v) is 11.8. The van der Waals surface area contributed by atoms with E-state index in [1.807, 2.05) is 26.0 Å². The summed E-state index contributed by atoms with van der Waals surface area (Å²) in [5.41, 5.74) is 3.65. The predicted octanol–water partition coefficient (Wildman–Crippen LogP) is 3.82. The van der Waals surface area contributed by atoms with Crippen molar-refractivity contribution in [2.24, 2.45) is 0 Å². The van der Waals surface area contributed by atoms with Crippen molar-refractivity contribution in [3.8, 4) is 0 Å². The lowest BCUT2D eigenvalue weighted by Crippen LogP contribution is -2.41. The number of anilines is 1. The average Bonchev–Trinajstić information content (AvgIpc) is 2.78. The molecule has 0 aliphatic carbocycles. The number of nitrogens with one attached hydrogen (secondary N) is 1. The number of hydrogen-bond donors (Lipinski definition) is 2. The number of carbonyl (C=O) groups is 2. The van der Waals surface area contributed by atoms with Gasteiger partial charge in [0.25, 0.3) is 10.0 Å². The quantitative estimate of drug-likeness (QED) is 0.525. The van der Waals surface area contributed by atoms with Crippen LogP contribution in [0.1, 0.15) is 32.6 Å². The lowest BCUT2D eigenvalue weighted by atomic mass is 10.1. The molecule has 33 heavy (non-hydrogen) atoms. The summed E-state index contributed by atoms with van der Waals surface area (Å²) < 4.78 is 28.1. The molecular weight excluding hydrogens is 440 g/mol. The second-order valence-corrected chi connectivity index (χ2v) is 9.76. The second kappa shape index (κ2) is 9.87. The Hall–Kier alpha value is -3.65. The number of rotatable bonds is 8. The Morgan fingerprint density at radius 3 is 2.24 bits per heavy atom. The maximum atomic E-state index is 13.5. The van der Waals surface area contributed by atoms with E-state index in [0.29, 0.717) is 11.3 Å². The second-order valence-electron chi connectivity index (χ2n) is 7.90. The van der Waals surface area contributed by atoms with Crippen LogP contribution in [0.2, 0.25) is 0 Å². The molecule has 0 bridgehead atoms. The van der Waals surface area contributed by atoms with Crippen LogP contribution in [0.5, 0.6) is 0 Å². The van der Waals surface area contributed by atoms with Crippen molar-refractivity contribution in [2.45, 2.75) is 32.2 Å². The van der Waals surface area contributed by atoms with E-state index in [1.165, 1.54) is 24.3 Å². The van der Waals surface area contributed by atoms with Crippen molar-refractivity contribution < 1.29 is 23.1 Å². The molecule has 0 saturated heterocycles. The highest BCUT2D eigenvalue weighted by Gasteiger charge is 2.28. The summed E-state index contributed by atoms with van der Waals surface area (Å²) in [7, 11) is -4.01. The fraction of sp³-hybridized carbons (Fsp3) is 0.200. The number of aryl methyl sites for hydroxylation is 3. The summed E-state index contributed by atoms with van der Waals surface area (Å²) in [6.45, 7) is 5.17. The summed E-state index contributed by atoms with van der Waals surface area (Å²) in [5.74, 6) is -1.57. The first-order chi connectivity index (χ1) is 15.6. The molecule has 7 nitrogen and oxygen atoms in total. The Bertz CT molecular complexity index is 1280. The Morgan fingerprint density at radius 2 is 1.58 bits per heavy atom. The molecule has 0 radical (unpaired) electrons. The third-order valence-electron chi connectivity index (χ3n) is 5.19. The maximum absolute atomic E-state index is 13.5. The van der Waals surface area contributed by atoms with Gasteiger partial charge in [-0.1, -0.05) is 42.0 Å². The van der Waals surface area contributed by atoms with Gasteiger partial charge in [-0.05, 0) is 67.8 Å². The Labute approximate surface area is 193 Å². The fourth-order valence-electron chi connectivity index (χ4n) is 3.33. The molecule has 8 heteroatoms.